The maximum atomic E-state index is 13.1. The van der Waals surface area contributed by atoms with Crippen LogP contribution in [0.5, 0.6) is 5.75 Å². The van der Waals surface area contributed by atoms with Crippen molar-refractivity contribution >= 4 is 35.2 Å². The lowest BCUT2D eigenvalue weighted by atomic mass is 10.1. The molecule has 1 aliphatic heterocycles. The van der Waals surface area contributed by atoms with Crippen LogP contribution in [-0.2, 0) is 16.1 Å². The molecule has 1 N–H and O–H groups in total. The van der Waals surface area contributed by atoms with Crippen LogP contribution in [0.2, 0.25) is 5.02 Å². The SMILES string of the molecule is CCOC(=O)N1CCN(C(=O)C(C)n2cc(NC(=O)c3cccc(COc4ccc(Cl)cc4)c3)c(C)n2)CC1. The number of nitrogens with one attached hydrogen (secondary N) is 1. The number of ether oxygens (including phenoxy) is 2. The molecule has 10 nitrogen and oxygen atoms in total. The van der Waals surface area contributed by atoms with Gasteiger partial charge in [-0.15, -0.1) is 0 Å². The maximum Gasteiger partial charge on any atom is 0.409 e. The van der Waals surface area contributed by atoms with Crippen LogP contribution in [0.1, 0.15) is 41.5 Å². The summed E-state index contributed by atoms with van der Waals surface area (Å²) in [5, 5.41) is 8.00. The molecule has 3 amide bonds. The molecule has 0 spiro atoms. The lowest BCUT2D eigenvalue weighted by Crippen LogP contribution is -2.52. The fraction of sp³-hybridized carbons (Fsp3) is 0.357. The van der Waals surface area contributed by atoms with Gasteiger partial charge in [-0.05, 0) is 62.7 Å². The van der Waals surface area contributed by atoms with Gasteiger partial charge in [-0.25, -0.2) is 4.79 Å². The number of piperazine rings is 1. The van der Waals surface area contributed by atoms with Crippen molar-refractivity contribution < 1.29 is 23.9 Å². The van der Waals surface area contributed by atoms with Crippen LogP contribution in [0.3, 0.4) is 0 Å². The first-order valence-electron chi connectivity index (χ1n) is 12.8. The minimum Gasteiger partial charge on any atom is -0.489 e. The maximum absolute atomic E-state index is 13.1. The summed E-state index contributed by atoms with van der Waals surface area (Å²) in [5.74, 6) is 0.286. The van der Waals surface area contributed by atoms with Crippen LogP contribution in [0.15, 0.2) is 54.7 Å². The number of carbonyl (C=O) groups excluding carboxylic acids is 3. The molecule has 1 aromatic heterocycles. The number of rotatable bonds is 8. The highest BCUT2D eigenvalue weighted by molar-refractivity contribution is 6.30. The molecule has 1 saturated heterocycles. The number of hydrogen-bond donors (Lipinski definition) is 1. The number of aryl methyl sites for hydroxylation is 1. The number of aromatic nitrogens is 2. The number of benzene rings is 2. The Labute approximate surface area is 232 Å². The molecule has 1 fully saturated rings. The van der Waals surface area contributed by atoms with Gasteiger partial charge in [0.1, 0.15) is 18.4 Å². The zero-order valence-corrected chi connectivity index (χ0v) is 23.0. The van der Waals surface area contributed by atoms with Crippen molar-refractivity contribution in [1.82, 2.24) is 19.6 Å². The van der Waals surface area contributed by atoms with Gasteiger partial charge in [0.05, 0.1) is 18.0 Å². The highest BCUT2D eigenvalue weighted by atomic mass is 35.5. The zero-order valence-electron chi connectivity index (χ0n) is 22.2. The first kappa shape index (κ1) is 28.0. The van der Waals surface area contributed by atoms with Gasteiger partial charge in [-0.2, -0.15) is 5.10 Å². The van der Waals surface area contributed by atoms with Gasteiger partial charge in [0.2, 0.25) is 5.91 Å². The van der Waals surface area contributed by atoms with Gasteiger partial charge >= 0.3 is 6.09 Å². The van der Waals surface area contributed by atoms with E-state index < -0.39 is 6.04 Å². The Morgan fingerprint density at radius 1 is 1.05 bits per heavy atom. The number of amides is 3. The molecular weight excluding hydrogens is 522 g/mol. The minimum absolute atomic E-state index is 0.104. The molecule has 2 heterocycles. The van der Waals surface area contributed by atoms with E-state index in [0.717, 1.165) is 5.56 Å². The highest BCUT2D eigenvalue weighted by Gasteiger charge is 2.29. The molecule has 206 valence electrons. The van der Waals surface area contributed by atoms with Gasteiger partial charge in [-0.3, -0.25) is 14.3 Å². The Kier molecular flexibility index (Phi) is 9.08. The Morgan fingerprint density at radius 3 is 2.44 bits per heavy atom. The van der Waals surface area contributed by atoms with Crippen molar-refractivity contribution in [1.29, 1.82) is 0 Å². The van der Waals surface area contributed by atoms with E-state index in [4.69, 9.17) is 21.1 Å². The van der Waals surface area contributed by atoms with Crippen molar-refractivity contribution in [2.24, 2.45) is 0 Å². The predicted molar refractivity (Wildman–Crippen MR) is 147 cm³/mol. The Bertz CT molecular complexity index is 1320. The molecule has 0 bridgehead atoms. The zero-order chi connectivity index (χ0) is 27.9. The summed E-state index contributed by atoms with van der Waals surface area (Å²) in [7, 11) is 0. The smallest absolute Gasteiger partial charge is 0.409 e. The van der Waals surface area contributed by atoms with Crippen molar-refractivity contribution in [2.75, 3.05) is 38.1 Å². The third kappa shape index (κ3) is 7.08. The van der Waals surface area contributed by atoms with E-state index in [0.29, 0.717) is 67.1 Å². The number of nitrogens with zero attached hydrogens (tertiary/aromatic N) is 4. The third-order valence-electron chi connectivity index (χ3n) is 6.44. The molecule has 0 aliphatic carbocycles. The van der Waals surface area contributed by atoms with Crippen LogP contribution >= 0.6 is 11.6 Å². The van der Waals surface area contributed by atoms with Crippen molar-refractivity contribution in [3.8, 4) is 5.75 Å². The van der Waals surface area contributed by atoms with Crippen LogP contribution in [0.4, 0.5) is 10.5 Å². The average molecular weight is 554 g/mol. The van der Waals surface area contributed by atoms with Crippen LogP contribution in [0, 0.1) is 6.92 Å². The number of anilines is 1. The topological polar surface area (TPSA) is 106 Å². The van der Waals surface area contributed by atoms with Gasteiger partial charge in [0.15, 0.2) is 0 Å². The largest absolute Gasteiger partial charge is 0.489 e. The fourth-order valence-corrected chi connectivity index (χ4v) is 4.32. The number of hydrogen-bond acceptors (Lipinski definition) is 6. The second kappa shape index (κ2) is 12.7. The molecule has 39 heavy (non-hydrogen) atoms. The monoisotopic (exact) mass is 553 g/mol. The van der Waals surface area contributed by atoms with Crippen LogP contribution in [0.25, 0.3) is 0 Å². The van der Waals surface area contributed by atoms with E-state index in [-0.39, 0.29) is 17.9 Å². The van der Waals surface area contributed by atoms with Crippen molar-refractivity contribution in [3.63, 3.8) is 0 Å². The Hall–Kier alpha value is -4.05. The molecule has 1 unspecified atom stereocenters. The summed E-state index contributed by atoms with van der Waals surface area (Å²) in [5.41, 5.74) is 2.43. The number of carbonyl (C=O) groups is 3. The van der Waals surface area contributed by atoms with E-state index >= 15 is 0 Å². The lowest BCUT2D eigenvalue weighted by molar-refractivity contribution is -0.136. The third-order valence-corrected chi connectivity index (χ3v) is 6.70. The summed E-state index contributed by atoms with van der Waals surface area (Å²) in [6.45, 7) is 7.59. The molecule has 1 atom stereocenters. The average Bonchev–Trinajstić information content (AvgIpc) is 3.32. The molecule has 2 aromatic carbocycles. The van der Waals surface area contributed by atoms with Gasteiger partial charge in [-0.1, -0.05) is 23.7 Å². The van der Waals surface area contributed by atoms with Gasteiger partial charge in [0.25, 0.3) is 5.91 Å². The first-order chi connectivity index (χ1) is 18.7. The van der Waals surface area contributed by atoms with Crippen LogP contribution < -0.4 is 10.1 Å². The normalized spacial score (nSPS) is 14.1. The summed E-state index contributed by atoms with van der Waals surface area (Å²) >= 11 is 5.91. The van der Waals surface area contributed by atoms with Crippen LogP contribution in [-0.4, -0.2) is 70.3 Å². The van der Waals surface area contributed by atoms with Crippen molar-refractivity contribution in [2.45, 2.75) is 33.4 Å². The van der Waals surface area contributed by atoms with Crippen molar-refractivity contribution in [3.05, 3.63) is 76.6 Å². The fourth-order valence-electron chi connectivity index (χ4n) is 4.20. The van der Waals surface area contributed by atoms with E-state index in [1.54, 1.807) is 83.9 Å². The summed E-state index contributed by atoms with van der Waals surface area (Å²) in [4.78, 5) is 41.3. The summed E-state index contributed by atoms with van der Waals surface area (Å²) < 4.78 is 12.4. The van der Waals surface area contributed by atoms with E-state index in [2.05, 4.69) is 10.4 Å². The lowest BCUT2D eigenvalue weighted by Gasteiger charge is -2.35. The predicted octanol–water partition coefficient (Wildman–Crippen LogP) is 4.54. The minimum atomic E-state index is -0.572. The first-order valence-corrected chi connectivity index (χ1v) is 13.2. The molecule has 3 aromatic rings. The summed E-state index contributed by atoms with van der Waals surface area (Å²) in [6.07, 6.45) is 1.30. The Balaban J connectivity index is 1.34. The molecule has 11 heteroatoms. The number of halogens is 1. The van der Waals surface area contributed by atoms with Gasteiger partial charge < -0.3 is 24.6 Å². The van der Waals surface area contributed by atoms with Gasteiger partial charge in [0, 0.05) is 43.0 Å². The standard InChI is InChI=1S/C28H32ClN5O5/c1-4-38-28(37)33-14-12-32(13-15-33)27(36)20(3)34-17-25(19(2)31-34)30-26(35)22-7-5-6-21(16-22)18-39-24-10-8-23(29)9-11-24/h5-11,16-17,20H,4,12-15,18H2,1-3H3,(H,30,35). The molecule has 1 aliphatic rings. The Morgan fingerprint density at radius 2 is 1.74 bits per heavy atom. The highest BCUT2D eigenvalue weighted by Crippen LogP contribution is 2.21. The molecular formula is C28H32ClN5O5. The molecule has 0 saturated carbocycles. The van der Waals surface area contributed by atoms with E-state index in [1.165, 1.54) is 0 Å². The second-order valence-corrected chi connectivity index (χ2v) is 9.63. The van der Waals surface area contributed by atoms with E-state index in [1.807, 2.05) is 6.07 Å². The van der Waals surface area contributed by atoms with E-state index in [9.17, 15) is 14.4 Å². The molecule has 4 rings (SSSR count). The quantitative estimate of drug-likeness (QED) is 0.439. The molecule has 0 radical (unpaired) electrons. The second-order valence-electron chi connectivity index (χ2n) is 9.19. The summed E-state index contributed by atoms with van der Waals surface area (Å²) in [6, 6.07) is 13.7.